The van der Waals surface area contributed by atoms with Crippen LogP contribution >= 0.6 is 11.6 Å². The standard InChI is InChI=1S/C22H17ClF3N9O2/c1-32-10-27-19(31-32)9-35-21(36)30-20(29-17-4-11-7-28-33(2)18(11)5-13(17)23)34(22(35)37)8-12-3-15(25)16(26)6-14(12)24/h3-7,10H,8-9H2,1-2H3,(H,29,30,36)/i2D3. The van der Waals surface area contributed by atoms with E-state index in [-0.39, 0.29) is 28.6 Å². The summed E-state index contributed by atoms with van der Waals surface area (Å²) in [5.41, 5.74) is -2.57. The van der Waals surface area contributed by atoms with Crippen LogP contribution in [0, 0.1) is 17.5 Å². The highest BCUT2D eigenvalue weighted by molar-refractivity contribution is 6.33. The van der Waals surface area contributed by atoms with Crippen LogP contribution in [0.5, 0.6) is 0 Å². The van der Waals surface area contributed by atoms with Crippen LogP contribution in [0.15, 0.2) is 51.4 Å². The zero-order valence-corrected chi connectivity index (χ0v) is 19.5. The molecule has 37 heavy (non-hydrogen) atoms. The Morgan fingerprint density at radius 2 is 1.86 bits per heavy atom. The van der Waals surface area contributed by atoms with Crippen LogP contribution in [0.2, 0.25) is 5.02 Å². The Balaban J connectivity index is 1.72. The van der Waals surface area contributed by atoms with Crippen LogP contribution in [-0.4, -0.2) is 38.7 Å². The van der Waals surface area contributed by atoms with Gasteiger partial charge in [-0.2, -0.15) is 10.2 Å². The van der Waals surface area contributed by atoms with Crippen molar-refractivity contribution in [2.24, 2.45) is 19.0 Å². The Kier molecular flexibility index (Phi) is 5.15. The molecule has 2 aromatic carbocycles. The number of nitrogens with zero attached hydrogens (tertiary/aromatic N) is 8. The molecule has 15 heteroatoms. The minimum atomic E-state index is -2.58. The highest BCUT2D eigenvalue weighted by atomic mass is 35.5. The van der Waals surface area contributed by atoms with Gasteiger partial charge in [-0.1, -0.05) is 11.6 Å². The molecule has 11 nitrogen and oxygen atoms in total. The lowest BCUT2D eigenvalue weighted by atomic mass is 10.2. The van der Waals surface area contributed by atoms with Crippen molar-refractivity contribution >= 4 is 28.2 Å². The molecule has 3 heterocycles. The van der Waals surface area contributed by atoms with Gasteiger partial charge in [-0.3, -0.25) is 18.9 Å². The van der Waals surface area contributed by atoms with Crippen molar-refractivity contribution in [3.8, 4) is 0 Å². The van der Waals surface area contributed by atoms with Crippen molar-refractivity contribution in [3.63, 3.8) is 0 Å². The lowest BCUT2D eigenvalue weighted by Gasteiger charge is -2.11. The van der Waals surface area contributed by atoms with E-state index in [0.29, 0.717) is 17.5 Å². The summed E-state index contributed by atoms with van der Waals surface area (Å²) >= 11 is 6.36. The zero-order chi connectivity index (χ0) is 28.9. The smallest absolute Gasteiger partial charge is 0.277 e. The molecule has 0 aliphatic rings. The highest BCUT2D eigenvalue weighted by Gasteiger charge is 2.16. The summed E-state index contributed by atoms with van der Waals surface area (Å²) in [5, 5.41) is 8.15. The van der Waals surface area contributed by atoms with Crippen molar-refractivity contribution in [1.82, 2.24) is 38.7 Å². The highest BCUT2D eigenvalue weighted by Crippen LogP contribution is 2.29. The number of aryl methyl sites for hydroxylation is 2. The number of H-pyrrole nitrogens is 1. The maximum atomic E-state index is 14.5. The molecular weight excluding hydrogens is 515 g/mol. The number of hydrogen-bond acceptors (Lipinski definition) is 6. The number of halogens is 4. The quantitative estimate of drug-likeness (QED) is 0.344. The molecule has 1 N–H and O–H groups in total. The summed E-state index contributed by atoms with van der Waals surface area (Å²) in [4.78, 5) is 37.1. The second kappa shape index (κ2) is 9.20. The van der Waals surface area contributed by atoms with E-state index in [1.165, 1.54) is 29.3 Å². The first kappa shape index (κ1) is 20.7. The number of nitrogens with one attached hydrogen (secondary N) is 1. The predicted octanol–water partition coefficient (Wildman–Crippen LogP) is 1.75. The summed E-state index contributed by atoms with van der Waals surface area (Å²) in [6.07, 6.45) is 2.62. The summed E-state index contributed by atoms with van der Waals surface area (Å²) in [7, 11) is 1.58. The largest absolute Gasteiger partial charge is 0.335 e. The molecule has 0 saturated carbocycles. The second-order valence-corrected chi connectivity index (χ2v) is 8.34. The maximum absolute atomic E-state index is 14.5. The molecule has 0 amide bonds. The Morgan fingerprint density at radius 3 is 2.59 bits per heavy atom. The molecule has 0 bridgehead atoms. The van der Waals surface area contributed by atoms with Crippen molar-refractivity contribution in [2.75, 3.05) is 0 Å². The van der Waals surface area contributed by atoms with E-state index in [2.05, 4.69) is 25.2 Å². The Bertz CT molecular complexity index is 1970. The van der Waals surface area contributed by atoms with Crippen molar-refractivity contribution in [3.05, 3.63) is 97.2 Å². The lowest BCUT2D eigenvalue weighted by molar-refractivity contribution is 0.481. The molecule has 0 fully saturated rings. The molecular formula is C22H17ClF3N9O2. The van der Waals surface area contributed by atoms with Gasteiger partial charge in [-0.25, -0.2) is 37.3 Å². The molecule has 190 valence electrons. The fraction of sp³-hybridized carbons (Fsp3) is 0.182. The first-order valence-corrected chi connectivity index (χ1v) is 10.8. The van der Waals surface area contributed by atoms with E-state index in [9.17, 15) is 22.8 Å². The van der Waals surface area contributed by atoms with E-state index in [1.807, 2.05) is 0 Å². The van der Waals surface area contributed by atoms with Crippen LogP contribution in [0.25, 0.3) is 10.9 Å². The third-order valence-electron chi connectivity index (χ3n) is 5.41. The fourth-order valence-corrected chi connectivity index (χ4v) is 3.81. The molecule has 5 aromatic rings. The fourth-order valence-electron chi connectivity index (χ4n) is 3.61. The number of fused-ring (bicyclic) bond motifs is 1. The van der Waals surface area contributed by atoms with Crippen LogP contribution in [-0.2, 0) is 27.1 Å². The molecule has 0 unspecified atom stereocenters. The van der Waals surface area contributed by atoms with E-state index in [0.717, 1.165) is 13.8 Å². The minimum absolute atomic E-state index is 0.00189. The Hall–Kier alpha value is -4.46. The van der Waals surface area contributed by atoms with Gasteiger partial charge in [0.15, 0.2) is 17.5 Å². The second-order valence-electron chi connectivity index (χ2n) is 7.93. The van der Waals surface area contributed by atoms with Gasteiger partial charge in [0.05, 0.1) is 35.5 Å². The molecule has 0 atom stereocenters. The molecule has 0 aliphatic heterocycles. The third kappa shape index (κ3) is 4.58. The van der Waals surface area contributed by atoms with Crippen molar-refractivity contribution in [2.45, 2.75) is 13.1 Å². The van der Waals surface area contributed by atoms with E-state index in [1.54, 1.807) is 7.05 Å². The van der Waals surface area contributed by atoms with Gasteiger partial charge in [0, 0.05) is 35.2 Å². The summed E-state index contributed by atoms with van der Waals surface area (Å²) in [5.74, 6) is -3.80. The lowest BCUT2D eigenvalue weighted by Crippen LogP contribution is -2.50. The molecule has 0 spiro atoms. The molecule has 0 aliphatic carbocycles. The molecule has 5 rings (SSSR count). The third-order valence-corrected chi connectivity index (χ3v) is 5.71. The van der Waals surface area contributed by atoms with Crippen molar-refractivity contribution in [1.29, 1.82) is 0 Å². The van der Waals surface area contributed by atoms with Gasteiger partial charge in [-0.05, 0) is 18.2 Å². The topological polar surface area (TPSA) is 121 Å². The van der Waals surface area contributed by atoms with Gasteiger partial charge < -0.3 is 0 Å². The Labute approximate surface area is 213 Å². The van der Waals surface area contributed by atoms with E-state index in [4.69, 9.17) is 15.7 Å². The predicted molar refractivity (Wildman–Crippen MR) is 126 cm³/mol. The van der Waals surface area contributed by atoms with Gasteiger partial charge in [0.2, 0.25) is 5.62 Å². The van der Waals surface area contributed by atoms with Gasteiger partial charge >= 0.3 is 11.4 Å². The van der Waals surface area contributed by atoms with Crippen LogP contribution in [0.4, 0.5) is 18.9 Å². The maximum Gasteiger partial charge on any atom is 0.335 e. The number of benzene rings is 2. The summed E-state index contributed by atoms with van der Waals surface area (Å²) in [6, 6.07) is 3.58. The SMILES string of the molecule is [2H]C([2H])([2H])n1ncc2cc(N=c3[nH]c(=O)n(Cc4ncn(C)n4)c(=O)n3Cc3cc(F)c(F)cc3F)c(Cl)cc21. The number of aromatic nitrogens is 8. The number of aromatic amines is 1. The average molecular weight is 535 g/mol. The first-order chi connectivity index (χ1) is 18.8. The number of hydrogen-bond donors (Lipinski definition) is 1. The van der Waals surface area contributed by atoms with Crippen LogP contribution < -0.4 is 17.0 Å². The van der Waals surface area contributed by atoms with Crippen LogP contribution in [0.1, 0.15) is 15.5 Å². The molecule has 0 saturated heterocycles. The summed E-state index contributed by atoms with van der Waals surface area (Å²) in [6.45, 7) is -3.61. The van der Waals surface area contributed by atoms with Gasteiger partial charge in [0.1, 0.15) is 12.1 Å². The average Bonchev–Trinajstić information content (AvgIpc) is 3.47. The van der Waals surface area contributed by atoms with Crippen LogP contribution in [0.3, 0.4) is 0 Å². The summed E-state index contributed by atoms with van der Waals surface area (Å²) < 4.78 is 68.5. The normalized spacial score (nSPS) is 13.6. The Morgan fingerprint density at radius 1 is 1.08 bits per heavy atom. The number of rotatable bonds is 5. The minimum Gasteiger partial charge on any atom is -0.277 e. The van der Waals surface area contributed by atoms with E-state index >= 15 is 0 Å². The molecule has 0 radical (unpaired) electrons. The van der Waals surface area contributed by atoms with Crippen molar-refractivity contribution < 1.29 is 17.3 Å². The monoisotopic (exact) mass is 534 g/mol. The zero-order valence-electron chi connectivity index (χ0n) is 21.8. The molecule has 3 aromatic heterocycles. The van der Waals surface area contributed by atoms with E-state index < -0.39 is 53.5 Å². The van der Waals surface area contributed by atoms with Gasteiger partial charge in [0.25, 0.3) is 0 Å². The first-order valence-electron chi connectivity index (χ1n) is 12.0. The van der Waals surface area contributed by atoms with Gasteiger partial charge in [-0.15, -0.1) is 0 Å².